The number of ether oxygens (including phenoxy) is 1. The molecule has 0 saturated carbocycles. The first kappa shape index (κ1) is 23.6. The molecule has 1 aliphatic heterocycles. The van der Waals surface area contributed by atoms with Gasteiger partial charge in [0.25, 0.3) is 5.91 Å². The van der Waals surface area contributed by atoms with Crippen LogP contribution < -0.4 is 15.8 Å². The van der Waals surface area contributed by atoms with Gasteiger partial charge in [-0.05, 0) is 77.7 Å². The number of amidine groups is 1. The fraction of sp³-hybridized carbons (Fsp3) is 0.200. The number of amides is 1. The van der Waals surface area contributed by atoms with Crippen LogP contribution >= 0.6 is 0 Å². The van der Waals surface area contributed by atoms with E-state index in [4.69, 9.17) is 15.9 Å². The van der Waals surface area contributed by atoms with Crippen molar-refractivity contribution in [3.63, 3.8) is 0 Å². The Balaban J connectivity index is 1.12. The molecule has 0 atom stereocenters. The highest BCUT2D eigenvalue weighted by Crippen LogP contribution is 2.24. The molecule has 4 N–H and O–H groups in total. The maximum Gasteiger partial charge on any atom is 0.255 e. The van der Waals surface area contributed by atoms with Crippen LogP contribution in [0.2, 0.25) is 0 Å². The molecule has 4 aromatic rings. The summed E-state index contributed by atoms with van der Waals surface area (Å²) in [5.41, 5.74) is 9.05. The summed E-state index contributed by atoms with van der Waals surface area (Å²) in [5.74, 6) is 0.792. The van der Waals surface area contributed by atoms with Crippen LogP contribution in [0.3, 0.4) is 0 Å². The normalized spacial score (nSPS) is 14.4. The highest BCUT2D eigenvalue weighted by Gasteiger charge is 2.21. The molecule has 182 valence electrons. The summed E-state index contributed by atoms with van der Waals surface area (Å²) >= 11 is 0. The van der Waals surface area contributed by atoms with Gasteiger partial charge >= 0.3 is 0 Å². The zero-order valence-electron chi connectivity index (χ0n) is 20.1. The van der Waals surface area contributed by atoms with Crippen LogP contribution in [0.25, 0.3) is 10.8 Å². The van der Waals surface area contributed by atoms with Crippen molar-refractivity contribution in [1.29, 1.82) is 5.41 Å². The van der Waals surface area contributed by atoms with E-state index in [1.807, 2.05) is 60.7 Å². The van der Waals surface area contributed by atoms with Crippen LogP contribution in [0.1, 0.15) is 34.3 Å². The van der Waals surface area contributed by atoms with E-state index in [2.05, 4.69) is 28.4 Å². The topological polar surface area (TPSA) is 91.4 Å². The Bertz CT molecular complexity index is 1360. The summed E-state index contributed by atoms with van der Waals surface area (Å²) < 4.78 is 6.22. The van der Waals surface area contributed by atoms with Crippen LogP contribution in [0, 0.1) is 5.41 Å². The van der Waals surface area contributed by atoms with Crippen molar-refractivity contribution >= 4 is 28.2 Å². The van der Waals surface area contributed by atoms with Gasteiger partial charge in [0.05, 0.1) is 0 Å². The van der Waals surface area contributed by atoms with Crippen molar-refractivity contribution in [2.45, 2.75) is 25.5 Å². The highest BCUT2D eigenvalue weighted by molar-refractivity contribution is 6.04. The molecular formula is C30H30N4O2. The number of likely N-dealkylation sites (tertiary alicyclic amines) is 1. The Morgan fingerprint density at radius 3 is 2.33 bits per heavy atom. The summed E-state index contributed by atoms with van der Waals surface area (Å²) in [6, 6.07) is 29.2. The maximum atomic E-state index is 12.3. The molecule has 36 heavy (non-hydrogen) atoms. The monoisotopic (exact) mass is 478 g/mol. The molecule has 5 rings (SSSR count). The van der Waals surface area contributed by atoms with E-state index in [9.17, 15) is 4.79 Å². The third-order valence-corrected chi connectivity index (χ3v) is 6.61. The van der Waals surface area contributed by atoms with E-state index >= 15 is 0 Å². The lowest BCUT2D eigenvalue weighted by Gasteiger charge is -2.32. The van der Waals surface area contributed by atoms with Gasteiger partial charge in [0.2, 0.25) is 0 Å². The average molecular weight is 479 g/mol. The molecule has 1 aliphatic rings. The first-order valence-electron chi connectivity index (χ1n) is 12.3. The third kappa shape index (κ3) is 5.73. The smallest absolute Gasteiger partial charge is 0.255 e. The number of nitrogen functional groups attached to an aromatic ring is 1. The minimum atomic E-state index is -0.123. The molecule has 1 fully saturated rings. The quantitative estimate of drug-likeness (QED) is 0.244. The predicted octanol–water partition coefficient (Wildman–Crippen LogP) is 5.42. The lowest BCUT2D eigenvalue weighted by Crippen LogP contribution is -2.37. The molecular weight excluding hydrogens is 448 g/mol. The number of benzene rings is 4. The van der Waals surface area contributed by atoms with E-state index in [1.54, 1.807) is 12.1 Å². The Labute approximate surface area is 211 Å². The zero-order chi connectivity index (χ0) is 24.9. The summed E-state index contributed by atoms with van der Waals surface area (Å²) in [6.07, 6.45) is 2.11. The molecule has 1 heterocycles. The maximum absolute atomic E-state index is 12.3. The van der Waals surface area contributed by atoms with E-state index in [-0.39, 0.29) is 17.8 Å². The highest BCUT2D eigenvalue weighted by atomic mass is 16.5. The van der Waals surface area contributed by atoms with Gasteiger partial charge < -0.3 is 15.8 Å². The zero-order valence-corrected chi connectivity index (χ0v) is 20.1. The van der Waals surface area contributed by atoms with Gasteiger partial charge in [-0.25, -0.2) is 0 Å². The number of rotatable bonds is 7. The van der Waals surface area contributed by atoms with Crippen molar-refractivity contribution in [3.8, 4) is 5.75 Å². The number of nitrogens with two attached hydrogens (primary N) is 1. The van der Waals surface area contributed by atoms with Gasteiger partial charge in [-0.3, -0.25) is 15.1 Å². The molecule has 0 aromatic heterocycles. The second kappa shape index (κ2) is 10.6. The number of hydrogen-bond acceptors (Lipinski definition) is 4. The van der Waals surface area contributed by atoms with Gasteiger partial charge in [-0.1, -0.05) is 42.5 Å². The van der Waals surface area contributed by atoms with Gasteiger partial charge in [-0.2, -0.15) is 0 Å². The van der Waals surface area contributed by atoms with Crippen molar-refractivity contribution < 1.29 is 9.53 Å². The molecule has 0 spiro atoms. The summed E-state index contributed by atoms with van der Waals surface area (Å²) in [5, 5.41) is 12.9. The van der Waals surface area contributed by atoms with Crippen LogP contribution in [0.15, 0.2) is 91.0 Å². The second-order valence-corrected chi connectivity index (χ2v) is 9.25. The number of hydrogen-bond donors (Lipinski definition) is 3. The van der Waals surface area contributed by atoms with E-state index in [0.717, 1.165) is 60.2 Å². The predicted molar refractivity (Wildman–Crippen MR) is 145 cm³/mol. The summed E-state index contributed by atoms with van der Waals surface area (Å²) in [7, 11) is 0. The Morgan fingerprint density at radius 1 is 0.889 bits per heavy atom. The van der Waals surface area contributed by atoms with Crippen molar-refractivity contribution in [1.82, 2.24) is 4.90 Å². The lowest BCUT2D eigenvalue weighted by atomic mass is 10.0. The number of carbonyl (C=O) groups is 1. The SMILES string of the molecule is N=C(N)c1ccc2ccc(CN3CCC(Oc4ccc(NC(=O)c5ccccc5)cc4)CC3)cc2c1. The molecule has 4 aromatic carbocycles. The standard InChI is InChI=1S/C30H30N4O2/c31-29(32)24-9-8-22-7-6-21(18-25(22)19-24)20-34-16-14-28(15-17-34)36-27-12-10-26(11-13-27)33-30(35)23-4-2-1-3-5-23/h1-13,18-19,28H,14-17,20H2,(H3,31,32)(H,33,35). The van der Waals surface area contributed by atoms with Crippen LogP contribution in [0.4, 0.5) is 5.69 Å². The van der Waals surface area contributed by atoms with Gasteiger partial charge in [0.15, 0.2) is 0 Å². The first-order chi connectivity index (χ1) is 17.5. The second-order valence-electron chi connectivity index (χ2n) is 9.25. The van der Waals surface area contributed by atoms with Crippen LogP contribution in [-0.4, -0.2) is 35.8 Å². The number of nitrogens with one attached hydrogen (secondary N) is 2. The molecule has 6 heteroatoms. The number of piperidine rings is 1. The molecule has 1 saturated heterocycles. The van der Waals surface area contributed by atoms with Crippen molar-refractivity contribution in [2.24, 2.45) is 5.73 Å². The fourth-order valence-corrected chi connectivity index (χ4v) is 4.61. The van der Waals surface area contributed by atoms with Crippen LogP contribution in [0.5, 0.6) is 5.75 Å². The first-order valence-corrected chi connectivity index (χ1v) is 12.3. The number of nitrogens with zero attached hydrogens (tertiary/aromatic N) is 1. The molecule has 6 nitrogen and oxygen atoms in total. The molecule has 0 radical (unpaired) electrons. The van der Waals surface area contributed by atoms with Gasteiger partial charge in [-0.15, -0.1) is 0 Å². The molecule has 0 unspecified atom stereocenters. The molecule has 0 bridgehead atoms. The fourth-order valence-electron chi connectivity index (χ4n) is 4.61. The van der Waals surface area contributed by atoms with Crippen molar-refractivity contribution in [3.05, 3.63) is 108 Å². The number of fused-ring (bicyclic) bond motifs is 1. The lowest BCUT2D eigenvalue weighted by molar-refractivity contribution is 0.0968. The van der Waals surface area contributed by atoms with E-state index in [1.165, 1.54) is 5.56 Å². The Kier molecular flexibility index (Phi) is 6.96. The van der Waals surface area contributed by atoms with Gasteiger partial charge in [0.1, 0.15) is 17.7 Å². The van der Waals surface area contributed by atoms with Crippen LogP contribution in [-0.2, 0) is 6.54 Å². The van der Waals surface area contributed by atoms with Gasteiger partial charge in [0, 0.05) is 36.4 Å². The van der Waals surface area contributed by atoms with E-state index in [0.29, 0.717) is 5.56 Å². The number of carbonyl (C=O) groups excluding carboxylic acids is 1. The average Bonchev–Trinajstić information content (AvgIpc) is 2.91. The third-order valence-electron chi connectivity index (χ3n) is 6.61. The Morgan fingerprint density at radius 2 is 1.61 bits per heavy atom. The largest absolute Gasteiger partial charge is 0.490 e. The minimum absolute atomic E-state index is 0.0935. The Hall–Kier alpha value is -4.16. The van der Waals surface area contributed by atoms with E-state index < -0.39 is 0 Å². The molecule has 1 amide bonds. The minimum Gasteiger partial charge on any atom is -0.490 e. The van der Waals surface area contributed by atoms with Crippen molar-refractivity contribution in [2.75, 3.05) is 18.4 Å². The summed E-state index contributed by atoms with van der Waals surface area (Å²) in [4.78, 5) is 14.8. The number of anilines is 1. The summed E-state index contributed by atoms with van der Waals surface area (Å²) in [6.45, 7) is 2.84. The molecule has 0 aliphatic carbocycles.